The Labute approximate surface area is 152 Å². The summed E-state index contributed by atoms with van der Waals surface area (Å²) in [5.41, 5.74) is 2.91. The van der Waals surface area contributed by atoms with Crippen molar-refractivity contribution in [1.29, 1.82) is 0 Å². The second-order valence-electron chi connectivity index (χ2n) is 6.56. The molecule has 0 saturated carbocycles. The maximum atomic E-state index is 2.39. The van der Waals surface area contributed by atoms with Crippen molar-refractivity contribution in [2.75, 3.05) is 6.16 Å². The number of benzene rings is 3. The molecule has 1 heteroatoms. The Morgan fingerprint density at radius 1 is 0.680 bits per heavy atom. The van der Waals surface area contributed by atoms with E-state index >= 15 is 0 Å². The Morgan fingerprint density at radius 2 is 1.28 bits per heavy atom. The van der Waals surface area contributed by atoms with E-state index in [1.165, 1.54) is 40.7 Å². The van der Waals surface area contributed by atoms with E-state index in [9.17, 15) is 0 Å². The summed E-state index contributed by atoms with van der Waals surface area (Å²) in [4.78, 5) is 0. The molecule has 25 heavy (non-hydrogen) atoms. The van der Waals surface area contributed by atoms with Crippen molar-refractivity contribution in [1.82, 2.24) is 0 Å². The molecule has 1 unspecified atom stereocenters. The highest BCUT2D eigenvalue weighted by molar-refractivity contribution is 7.73. The topological polar surface area (TPSA) is 0 Å². The molecule has 0 amide bonds. The summed E-state index contributed by atoms with van der Waals surface area (Å²) in [5, 5.41) is 2.98. The average Bonchev–Trinajstić information content (AvgIpc) is 3.10. The highest BCUT2D eigenvalue weighted by Crippen LogP contribution is 2.38. The maximum Gasteiger partial charge on any atom is 0.00273 e. The molecule has 3 aromatic carbocycles. The Kier molecular flexibility index (Phi) is 5.09. The number of hydrogen-bond donors (Lipinski definition) is 0. The zero-order valence-corrected chi connectivity index (χ0v) is 15.3. The minimum Gasteiger partial charge on any atom is -0.0764 e. The molecule has 0 N–H and O–H groups in total. The molecular formula is C24H23P. The van der Waals surface area contributed by atoms with Crippen LogP contribution in [0.2, 0.25) is 0 Å². The van der Waals surface area contributed by atoms with Gasteiger partial charge in [0.05, 0.1) is 0 Å². The third-order valence-electron chi connectivity index (χ3n) is 4.94. The molecule has 4 rings (SSSR count). The molecule has 0 heterocycles. The number of allylic oxidation sites excluding steroid dienone is 1. The molecule has 0 radical (unpaired) electrons. The van der Waals surface area contributed by atoms with Crippen LogP contribution in [0.1, 0.15) is 29.9 Å². The summed E-state index contributed by atoms with van der Waals surface area (Å²) in [6.07, 6.45) is 8.44. The smallest absolute Gasteiger partial charge is 0.00273 e. The van der Waals surface area contributed by atoms with Gasteiger partial charge in [-0.05, 0) is 48.7 Å². The average molecular weight is 342 g/mol. The third kappa shape index (κ3) is 3.75. The Morgan fingerprint density at radius 3 is 1.96 bits per heavy atom. The van der Waals surface area contributed by atoms with Gasteiger partial charge in [-0.2, -0.15) is 0 Å². The van der Waals surface area contributed by atoms with E-state index in [2.05, 4.69) is 97.1 Å². The predicted molar refractivity (Wildman–Crippen MR) is 111 cm³/mol. The first-order chi connectivity index (χ1) is 12.4. The van der Waals surface area contributed by atoms with Crippen molar-refractivity contribution in [3.8, 4) is 0 Å². The zero-order chi connectivity index (χ0) is 16.9. The fourth-order valence-electron chi connectivity index (χ4n) is 3.67. The fraction of sp³-hybridized carbons (Fsp3) is 0.167. The van der Waals surface area contributed by atoms with Gasteiger partial charge in [-0.1, -0.05) is 97.1 Å². The highest BCUT2D eigenvalue weighted by atomic mass is 31.1. The van der Waals surface area contributed by atoms with Crippen molar-refractivity contribution in [3.05, 3.63) is 102 Å². The highest BCUT2D eigenvalue weighted by Gasteiger charge is 2.18. The van der Waals surface area contributed by atoms with Gasteiger partial charge >= 0.3 is 0 Å². The molecule has 0 aromatic heterocycles. The Hall–Kier alpha value is -2.17. The second kappa shape index (κ2) is 7.81. The summed E-state index contributed by atoms with van der Waals surface area (Å²) < 4.78 is 0. The lowest BCUT2D eigenvalue weighted by atomic mass is 9.97. The van der Waals surface area contributed by atoms with Gasteiger partial charge in [-0.15, -0.1) is 0 Å². The standard InChI is InChI=1S/C24H23P/c1-3-12-22(13-4-1)25(23-14-5-2-6-15-23)19-9-11-21-18-17-20-10-7-8-16-24(20)21/h1-8,10,12-18,21H,9,11,19H2. The predicted octanol–water partition coefficient (Wildman–Crippen LogP) is 5.71. The molecule has 0 fully saturated rings. The molecule has 0 spiro atoms. The van der Waals surface area contributed by atoms with E-state index in [1.54, 1.807) is 0 Å². The molecule has 1 atom stereocenters. The molecule has 1 aliphatic rings. The van der Waals surface area contributed by atoms with E-state index in [1.807, 2.05) is 0 Å². The van der Waals surface area contributed by atoms with Crippen LogP contribution >= 0.6 is 7.92 Å². The minimum atomic E-state index is -0.263. The minimum absolute atomic E-state index is 0.263. The summed E-state index contributed by atoms with van der Waals surface area (Å²) in [6, 6.07) is 30.9. The van der Waals surface area contributed by atoms with Crippen LogP contribution in [0.5, 0.6) is 0 Å². The Balaban J connectivity index is 1.46. The molecule has 1 aliphatic carbocycles. The van der Waals surface area contributed by atoms with Gasteiger partial charge in [0.1, 0.15) is 0 Å². The quantitative estimate of drug-likeness (QED) is 0.503. The van der Waals surface area contributed by atoms with Gasteiger partial charge < -0.3 is 0 Å². The van der Waals surface area contributed by atoms with Crippen molar-refractivity contribution in [2.45, 2.75) is 18.8 Å². The largest absolute Gasteiger partial charge is 0.0764 e. The van der Waals surface area contributed by atoms with Crippen LogP contribution in [0.4, 0.5) is 0 Å². The van der Waals surface area contributed by atoms with E-state index < -0.39 is 0 Å². The lowest BCUT2D eigenvalue weighted by Gasteiger charge is -2.20. The van der Waals surface area contributed by atoms with Crippen molar-refractivity contribution in [2.24, 2.45) is 0 Å². The van der Waals surface area contributed by atoms with Crippen molar-refractivity contribution >= 4 is 24.6 Å². The second-order valence-corrected chi connectivity index (χ2v) is 8.90. The SMILES string of the molecule is C1=CC(CCCP(c2ccccc2)c2ccccc2)c2ccccc21. The van der Waals surface area contributed by atoms with Gasteiger partial charge in [-0.25, -0.2) is 0 Å². The zero-order valence-electron chi connectivity index (χ0n) is 14.4. The van der Waals surface area contributed by atoms with Crippen molar-refractivity contribution in [3.63, 3.8) is 0 Å². The van der Waals surface area contributed by atoms with Crippen LogP contribution < -0.4 is 10.6 Å². The Bertz CT molecular complexity index is 797. The van der Waals surface area contributed by atoms with Crippen LogP contribution in [0.3, 0.4) is 0 Å². The summed E-state index contributed by atoms with van der Waals surface area (Å²) in [7, 11) is -0.263. The van der Waals surface area contributed by atoms with Gasteiger partial charge in [-0.3, -0.25) is 0 Å². The number of hydrogen-bond acceptors (Lipinski definition) is 0. The fourth-order valence-corrected chi connectivity index (χ4v) is 6.05. The summed E-state index contributed by atoms with van der Waals surface area (Å²) >= 11 is 0. The maximum absolute atomic E-state index is 2.39. The van der Waals surface area contributed by atoms with Crippen LogP contribution in [0.15, 0.2) is 91.0 Å². The molecule has 124 valence electrons. The normalized spacial score (nSPS) is 15.5. The summed E-state index contributed by atoms with van der Waals surface area (Å²) in [5.74, 6) is 0.597. The van der Waals surface area contributed by atoms with Gasteiger partial charge in [0.15, 0.2) is 0 Å². The van der Waals surface area contributed by atoms with Crippen molar-refractivity contribution < 1.29 is 0 Å². The van der Waals surface area contributed by atoms with E-state index in [-0.39, 0.29) is 7.92 Å². The molecule has 0 bridgehead atoms. The molecule has 0 saturated heterocycles. The van der Waals surface area contributed by atoms with Crippen LogP contribution in [-0.2, 0) is 0 Å². The third-order valence-corrected chi connectivity index (χ3v) is 7.54. The molecular weight excluding hydrogens is 319 g/mol. The first-order valence-corrected chi connectivity index (χ1v) is 10.6. The number of fused-ring (bicyclic) bond motifs is 1. The monoisotopic (exact) mass is 342 g/mol. The lowest BCUT2D eigenvalue weighted by Crippen LogP contribution is -2.14. The van der Waals surface area contributed by atoms with Crippen LogP contribution in [0.25, 0.3) is 6.08 Å². The first kappa shape index (κ1) is 16.3. The number of rotatable bonds is 6. The van der Waals surface area contributed by atoms with Gasteiger partial charge in [0.2, 0.25) is 0 Å². The van der Waals surface area contributed by atoms with Crippen LogP contribution in [0, 0.1) is 0 Å². The molecule has 0 aliphatic heterocycles. The van der Waals surface area contributed by atoms with Crippen LogP contribution in [-0.4, -0.2) is 6.16 Å². The first-order valence-electron chi connectivity index (χ1n) is 9.06. The van der Waals surface area contributed by atoms with E-state index in [0.29, 0.717) is 5.92 Å². The summed E-state index contributed by atoms with van der Waals surface area (Å²) in [6.45, 7) is 0. The van der Waals surface area contributed by atoms with Gasteiger partial charge in [0, 0.05) is 5.92 Å². The van der Waals surface area contributed by atoms with Gasteiger partial charge in [0.25, 0.3) is 0 Å². The molecule has 3 aromatic rings. The molecule has 0 nitrogen and oxygen atoms in total. The lowest BCUT2D eigenvalue weighted by molar-refractivity contribution is 0.730. The van der Waals surface area contributed by atoms with E-state index in [0.717, 1.165) is 0 Å². The van der Waals surface area contributed by atoms with E-state index in [4.69, 9.17) is 0 Å².